The molecule has 0 bridgehead atoms. The van der Waals surface area contributed by atoms with Gasteiger partial charge in [-0.15, -0.1) is 0 Å². The van der Waals surface area contributed by atoms with Crippen molar-refractivity contribution in [2.24, 2.45) is 0 Å². The fourth-order valence-corrected chi connectivity index (χ4v) is 5.31. The first-order chi connectivity index (χ1) is 19.5. The summed E-state index contributed by atoms with van der Waals surface area (Å²) < 4.78 is 0. The van der Waals surface area contributed by atoms with Crippen molar-refractivity contribution in [2.75, 3.05) is 40.4 Å². The van der Waals surface area contributed by atoms with Crippen molar-refractivity contribution in [3.05, 3.63) is 109 Å². The molecule has 0 aliphatic carbocycles. The highest BCUT2D eigenvalue weighted by atomic mass is 15.5. The molecule has 0 atom stereocenters. The zero-order valence-corrected chi connectivity index (χ0v) is 24.2. The van der Waals surface area contributed by atoms with Gasteiger partial charge in [0.15, 0.2) is 0 Å². The van der Waals surface area contributed by atoms with Gasteiger partial charge >= 0.3 is 0 Å². The van der Waals surface area contributed by atoms with Crippen molar-refractivity contribution >= 4 is 34.1 Å². The minimum atomic E-state index is 0.107. The molecule has 1 aliphatic heterocycles. The summed E-state index contributed by atoms with van der Waals surface area (Å²) in [5.74, 6) is 0. The van der Waals surface area contributed by atoms with Gasteiger partial charge in [-0.25, -0.2) is 0 Å². The number of unbranched alkanes of at least 4 members (excludes halogenated alkanes) is 2. The summed E-state index contributed by atoms with van der Waals surface area (Å²) in [6.07, 6.45) is 5.00. The number of rotatable bonds is 11. The lowest BCUT2D eigenvalue weighted by atomic mass is 9.94. The van der Waals surface area contributed by atoms with Crippen LogP contribution in [-0.4, -0.2) is 30.4 Å². The van der Waals surface area contributed by atoms with E-state index in [1.165, 1.54) is 37.1 Å². The molecule has 0 aromatic heterocycles. The van der Waals surface area contributed by atoms with Gasteiger partial charge in [0, 0.05) is 39.7 Å². The molecule has 1 fully saturated rings. The first-order valence-corrected chi connectivity index (χ1v) is 14.6. The zero-order valence-electron chi connectivity index (χ0n) is 24.2. The molecule has 5 rings (SSSR count). The fourth-order valence-electron chi connectivity index (χ4n) is 5.31. The lowest BCUT2D eigenvalue weighted by Gasteiger charge is -2.50. The number of hydrogen-bond acceptors (Lipinski definition) is 5. The van der Waals surface area contributed by atoms with E-state index < -0.39 is 0 Å². The van der Waals surface area contributed by atoms with Crippen molar-refractivity contribution in [1.82, 2.24) is 4.90 Å². The van der Waals surface area contributed by atoms with Gasteiger partial charge in [-0.3, -0.25) is 4.90 Å². The summed E-state index contributed by atoms with van der Waals surface area (Å²) in [7, 11) is 0. The van der Waals surface area contributed by atoms with Crippen molar-refractivity contribution in [3.63, 3.8) is 0 Å². The molecule has 5 heteroatoms. The highest BCUT2D eigenvalue weighted by Gasteiger charge is 2.33. The Bertz CT molecular complexity index is 1210. The van der Waals surface area contributed by atoms with E-state index in [0.717, 1.165) is 42.8 Å². The van der Waals surface area contributed by atoms with Crippen LogP contribution in [0.5, 0.6) is 0 Å². The third-order valence-electron chi connectivity index (χ3n) is 7.86. The summed E-state index contributed by atoms with van der Waals surface area (Å²) in [5.41, 5.74) is 6.98. The van der Waals surface area contributed by atoms with Gasteiger partial charge in [0.25, 0.3) is 0 Å². The van der Waals surface area contributed by atoms with E-state index >= 15 is 0 Å². The van der Waals surface area contributed by atoms with E-state index in [4.69, 9.17) is 0 Å². The van der Waals surface area contributed by atoms with Crippen LogP contribution in [0.15, 0.2) is 109 Å². The number of hydrogen-bond donors (Lipinski definition) is 2. The average Bonchev–Trinajstić information content (AvgIpc) is 2.99. The van der Waals surface area contributed by atoms with Crippen LogP contribution >= 0.6 is 0 Å². The molecular weight excluding hydrogens is 490 g/mol. The van der Waals surface area contributed by atoms with E-state index in [-0.39, 0.29) is 5.54 Å². The second-order valence-electron chi connectivity index (χ2n) is 11.4. The topological polar surface area (TPSA) is 33.8 Å². The van der Waals surface area contributed by atoms with Crippen LogP contribution in [0.3, 0.4) is 0 Å². The number of benzene rings is 4. The molecule has 2 N–H and O–H groups in total. The molecule has 5 nitrogen and oxygen atoms in total. The van der Waals surface area contributed by atoms with Gasteiger partial charge in [-0.05, 0) is 93.1 Å². The van der Waals surface area contributed by atoms with Crippen molar-refractivity contribution in [2.45, 2.75) is 52.0 Å². The normalized spacial score (nSPS) is 14.3. The van der Waals surface area contributed by atoms with Crippen molar-refractivity contribution in [3.8, 4) is 0 Å². The smallest absolute Gasteiger partial charge is 0.0928 e. The van der Waals surface area contributed by atoms with E-state index in [1.54, 1.807) is 0 Å². The molecule has 1 aliphatic rings. The summed E-state index contributed by atoms with van der Waals surface area (Å²) in [6.45, 7) is 9.76. The number of para-hydroxylation sites is 2. The Morgan fingerprint density at radius 1 is 0.550 bits per heavy atom. The molecule has 208 valence electrons. The van der Waals surface area contributed by atoms with Gasteiger partial charge in [-0.2, -0.15) is 0 Å². The highest BCUT2D eigenvalue weighted by molar-refractivity contribution is 5.65. The maximum Gasteiger partial charge on any atom is 0.0928 e. The van der Waals surface area contributed by atoms with Crippen LogP contribution in [-0.2, 0) is 0 Å². The largest absolute Gasteiger partial charge is 0.356 e. The molecule has 4 aromatic rings. The first kappa shape index (κ1) is 27.6. The molecule has 1 heterocycles. The SMILES string of the molecule is CCCCCC(C)(C)N1CN(c2ccc(Nc3ccccc3)cc2)CN(c2ccc(Nc3ccccc3)cc2)C1. The molecule has 0 unspecified atom stereocenters. The van der Waals surface area contributed by atoms with Crippen LogP contribution < -0.4 is 20.4 Å². The van der Waals surface area contributed by atoms with Gasteiger partial charge in [0.2, 0.25) is 0 Å². The van der Waals surface area contributed by atoms with Gasteiger partial charge in [0.05, 0.1) is 20.0 Å². The maximum absolute atomic E-state index is 3.51. The molecule has 0 spiro atoms. The second-order valence-corrected chi connectivity index (χ2v) is 11.4. The summed E-state index contributed by atoms with van der Waals surface area (Å²) in [6, 6.07) is 38.4. The van der Waals surface area contributed by atoms with Gasteiger partial charge in [0.1, 0.15) is 0 Å². The van der Waals surface area contributed by atoms with E-state index in [2.05, 4.69) is 143 Å². The number of nitrogens with one attached hydrogen (secondary N) is 2. The Morgan fingerprint density at radius 2 is 0.975 bits per heavy atom. The minimum Gasteiger partial charge on any atom is -0.356 e. The molecule has 40 heavy (non-hydrogen) atoms. The molecule has 1 saturated heterocycles. The van der Waals surface area contributed by atoms with Crippen LogP contribution in [0.2, 0.25) is 0 Å². The minimum absolute atomic E-state index is 0.107. The highest BCUT2D eigenvalue weighted by Crippen LogP contribution is 2.31. The third kappa shape index (κ3) is 7.16. The standard InChI is InChI=1S/C35H43N5/c1-4-5-12-25-35(2,3)40-27-38(33-21-17-31(18-22-33)36-29-13-8-6-9-14-29)26-39(28-40)34-23-19-32(20-24-34)37-30-15-10-7-11-16-30/h6-11,13-24,36-37H,4-5,12,25-28H2,1-3H3. The monoisotopic (exact) mass is 533 g/mol. The number of nitrogens with zero attached hydrogens (tertiary/aromatic N) is 3. The summed E-state index contributed by atoms with van der Waals surface area (Å²) >= 11 is 0. The van der Waals surface area contributed by atoms with Crippen LogP contribution in [0.1, 0.15) is 46.5 Å². The Labute approximate surface area is 240 Å². The van der Waals surface area contributed by atoms with Crippen molar-refractivity contribution < 1.29 is 0 Å². The molecule has 4 aromatic carbocycles. The zero-order chi connectivity index (χ0) is 27.8. The third-order valence-corrected chi connectivity index (χ3v) is 7.86. The number of anilines is 6. The molecule has 0 saturated carbocycles. The Kier molecular flexibility index (Phi) is 8.92. The lowest BCUT2D eigenvalue weighted by molar-refractivity contribution is 0.0928. The van der Waals surface area contributed by atoms with Crippen LogP contribution in [0, 0.1) is 0 Å². The molecule has 0 amide bonds. The Morgan fingerprint density at radius 3 is 1.40 bits per heavy atom. The Hall–Kier alpha value is -3.96. The van der Waals surface area contributed by atoms with E-state index in [1.807, 2.05) is 12.1 Å². The van der Waals surface area contributed by atoms with Gasteiger partial charge < -0.3 is 20.4 Å². The Balaban J connectivity index is 1.34. The first-order valence-electron chi connectivity index (χ1n) is 14.6. The van der Waals surface area contributed by atoms with Crippen LogP contribution in [0.25, 0.3) is 0 Å². The van der Waals surface area contributed by atoms with E-state index in [0.29, 0.717) is 0 Å². The van der Waals surface area contributed by atoms with E-state index in [9.17, 15) is 0 Å². The lowest BCUT2D eigenvalue weighted by Crippen LogP contribution is -2.61. The maximum atomic E-state index is 3.51. The van der Waals surface area contributed by atoms with Crippen molar-refractivity contribution in [1.29, 1.82) is 0 Å². The quantitative estimate of drug-likeness (QED) is 0.188. The molecular formula is C35H43N5. The summed E-state index contributed by atoms with van der Waals surface area (Å²) in [5, 5.41) is 7.02. The predicted molar refractivity (Wildman–Crippen MR) is 172 cm³/mol. The van der Waals surface area contributed by atoms with Crippen LogP contribution in [0.4, 0.5) is 34.1 Å². The molecule has 0 radical (unpaired) electrons. The average molecular weight is 534 g/mol. The second kappa shape index (κ2) is 12.9. The predicted octanol–water partition coefficient (Wildman–Crippen LogP) is 9.03. The fraction of sp³-hybridized carbons (Fsp3) is 0.314. The van der Waals surface area contributed by atoms with Gasteiger partial charge in [-0.1, -0.05) is 62.6 Å². The summed E-state index contributed by atoms with van der Waals surface area (Å²) in [4.78, 5) is 7.62.